The molecule has 0 unspecified atom stereocenters. The fourth-order valence-electron chi connectivity index (χ4n) is 1.35. The number of nitrogens with two attached hydrogens (primary N) is 1. The fraction of sp³-hybridized carbons (Fsp3) is 0.105. The zero-order valence-electron chi connectivity index (χ0n) is 13.4. The third-order valence-electron chi connectivity index (χ3n) is 2.56. The Balaban J connectivity index is 0.000000332. The van der Waals surface area contributed by atoms with E-state index in [4.69, 9.17) is 0 Å². The third kappa shape index (κ3) is 10.4. The summed E-state index contributed by atoms with van der Waals surface area (Å²) in [4.78, 5) is 30.8. The van der Waals surface area contributed by atoms with Gasteiger partial charge in [-0.25, -0.2) is 0 Å². The monoisotopic (exact) mass is 311 g/mol. The first-order chi connectivity index (χ1) is 10.9. The molecule has 0 aliphatic rings. The molecule has 1 amide bonds. The first kappa shape index (κ1) is 20.0. The van der Waals surface area contributed by atoms with Gasteiger partial charge in [0.25, 0.3) is 0 Å². The van der Waals surface area contributed by atoms with Crippen LogP contribution in [-0.4, -0.2) is 17.5 Å². The summed E-state index contributed by atoms with van der Waals surface area (Å²) in [5.41, 5.74) is 6.09. The SMILES string of the molecule is C=CC(N)=O.CC(=O)c1ccccc1.CC(=O)c1ccccc1. The van der Waals surface area contributed by atoms with Crippen LogP contribution in [0.2, 0.25) is 0 Å². The maximum Gasteiger partial charge on any atom is 0.240 e. The lowest BCUT2D eigenvalue weighted by atomic mass is 10.2. The number of carbonyl (C=O) groups excluding carboxylic acids is 3. The molecule has 0 radical (unpaired) electrons. The predicted molar refractivity (Wildman–Crippen MR) is 92.3 cm³/mol. The molecular formula is C19H21NO3. The summed E-state index contributed by atoms with van der Waals surface area (Å²) in [7, 11) is 0. The maximum absolute atomic E-state index is 10.6. The van der Waals surface area contributed by atoms with Gasteiger partial charge in [-0.2, -0.15) is 0 Å². The molecule has 2 aromatic carbocycles. The fourth-order valence-corrected chi connectivity index (χ4v) is 1.35. The minimum Gasteiger partial charge on any atom is -0.366 e. The van der Waals surface area contributed by atoms with Crippen molar-refractivity contribution in [3.63, 3.8) is 0 Å². The van der Waals surface area contributed by atoms with Crippen molar-refractivity contribution in [1.29, 1.82) is 0 Å². The van der Waals surface area contributed by atoms with Crippen LogP contribution in [0.25, 0.3) is 0 Å². The number of hydrogen-bond donors (Lipinski definition) is 1. The first-order valence-corrected chi connectivity index (χ1v) is 6.92. The molecule has 0 aliphatic carbocycles. The van der Waals surface area contributed by atoms with E-state index in [0.717, 1.165) is 17.2 Å². The lowest BCUT2D eigenvalue weighted by Crippen LogP contribution is -2.04. The Morgan fingerprint density at radius 3 is 1.17 bits per heavy atom. The molecule has 0 atom stereocenters. The van der Waals surface area contributed by atoms with Crippen LogP contribution in [0.1, 0.15) is 34.6 Å². The van der Waals surface area contributed by atoms with Crippen LogP contribution in [0.15, 0.2) is 73.3 Å². The highest BCUT2D eigenvalue weighted by molar-refractivity contribution is 5.94. The van der Waals surface area contributed by atoms with Crippen LogP contribution < -0.4 is 5.73 Å². The Hall–Kier alpha value is -3.01. The minimum absolute atomic E-state index is 0.121. The smallest absolute Gasteiger partial charge is 0.240 e. The van der Waals surface area contributed by atoms with E-state index in [0.29, 0.717) is 0 Å². The van der Waals surface area contributed by atoms with Crippen LogP contribution in [0.3, 0.4) is 0 Å². The number of primary amides is 1. The molecule has 120 valence electrons. The van der Waals surface area contributed by atoms with Gasteiger partial charge in [0, 0.05) is 11.1 Å². The number of Topliss-reactive ketones (excluding diaryl/α,β-unsaturated/α-hetero) is 2. The van der Waals surface area contributed by atoms with Gasteiger partial charge in [0.2, 0.25) is 5.91 Å². The maximum atomic E-state index is 10.6. The van der Waals surface area contributed by atoms with Crippen LogP contribution in [0, 0.1) is 0 Å². The van der Waals surface area contributed by atoms with E-state index in [1.54, 1.807) is 13.8 Å². The summed E-state index contributed by atoms with van der Waals surface area (Å²) in [5, 5.41) is 0. The van der Waals surface area contributed by atoms with Crippen molar-refractivity contribution in [2.24, 2.45) is 5.73 Å². The third-order valence-corrected chi connectivity index (χ3v) is 2.56. The molecule has 0 fully saturated rings. The van der Waals surface area contributed by atoms with Crippen molar-refractivity contribution in [1.82, 2.24) is 0 Å². The average molecular weight is 311 g/mol. The van der Waals surface area contributed by atoms with Gasteiger partial charge >= 0.3 is 0 Å². The minimum atomic E-state index is -0.481. The van der Waals surface area contributed by atoms with Gasteiger partial charge in [-0.15, -0.1) is 0 Å². The van der Waals surface area contributed by atoms with E-state index >= 15 is 0 Å². The highest BCUT2D eigenvalue weighted by Crippen LogP contribution is 1.98. The number of carbonyl (C=O) groups is 3. The number of hydrogen-bond acceptors (Lipinski definition) is 3. The van der Waals surface area contributed by atoms with E-state index in [9.17, 15) is 14.4 Å². The zero-order chi connectivity index (χ0) is 17.7. The molecule has 0 spiro atoms. The van der Waals surface area contributed by atoms with Crippen molar-refractivity contribution < 1.29 is 14.4 Å². The van der Waals surface area contributed by atoms with Gasteiger partial charge in [0.1, 0.15) is 0 Å². The molecule has 0 saturated heterocycles. The molecule has 4 nitrogen and oxygen atoms in total. The molecule has 2 rings (SSSR count). The van der Waals surface area contributed by atoms with Crippen molar-refractivity contribution in [2.75, 3.05) is 0 Å². The van der Waals surface area contributed by atoms with Crippen LogP contribution >= 0.6 is 0 Å². The van der Waals surface area contributed by atoms with E-state index in [1.807, 2.05) is 60.7 Å². The summed E-state index contributed by atoms with van der Waals surface area (Å²) in [6.07, 6.45) is 1.06. The van der Waals surface area contributed by atoms with Gasteiger partial charge in [-0.3, -0.25) is 14.4 Å². The second-order valence-electron chi connectivity index (χ2n) is 4.45. The van der Waals surface area contributed by atoms with E-state index in [1.165, 1.54) is 0 Å². The molecule has 0 heterocycles. The molecule has 23 heavy (non-hydrogen) atoms. The Labute approximate surface area is 136 Å². The molecule has 2 N–H and O–H groups in total. The molecule has 4 heteroatoms. The quantitative estimate of drug-likeness (QED) is 0.696. The van der Waals surface area contributed by atoms with Crippen molar-refractivity contribution in [2.45, 2.75) is 13.8 Å². The van der Waals surface area contributed by atoms with Crippen LogP contribution in [0.4, 0.5) is 0 Å². The van der Waals surface area contributed by atoms with E-state index in [2.05, 4.69) is 12.3 Å². The highest BCUT2D eigenvalue weighted by Gasteiger charge is 1.93. The largest absolute Gasteiger partial charge is 0.366 e. The summed E-state index contributed by atoms with van der Waals surface area (Å²) in [6.45, 7) is 6.22. The zero-order valence-corrected chi connectivity index (χ0v) is 13.4. The van der Waals surface area contributed by atoms with Crippen LogP contribution in [-0.2, 0) is 4.79 Å². The van der Waals surface area contributed by atoms with Gasteiger partial charge in [-0.1, -0.05) is 67.2 Å². The normalized spacial score (nSPS) is 8.43. The van der Waals surface area contributed by atoms with Gasteiger partial charge in [0.05, 0.1) is 0 Å². The topological polar surface area (TPSA) is 77.2 Å². The average Bonchev–Trinajstić information content (AvgIpc) is 2.57. The summed E-state index contributed by atoms with van der Waals surface area (Å²) in [6, 6.07) is 18.5. The number of ketones is 2. The van der Waals surface area contributed by atoms with Gasteiger partial charge in [0.15, 0.2) is 11.6 Å². The van der Waals surface area contributed by atoms with Crippen molar-refractivity contribution in [3.05, 3.63) is 84.4 Å². The van der Waals surface area contributed by atoms with Gasteiger partial charge in [-0.05, 0) is 19.9 Å². The lowest BCUT2D eigenvalue weighted by Gasteiger charge is -1.89. The Bertz CT molecular complexity index is 585. The number of amides is 1. The second-order valence-corrected chi connectivity index (χ2v) is 4.45. The summed E-state index contributed by atoms with van der Waals surface area (Å²) in [5.74, 6) is -0.240. The van der Waals surface area contributed by atoms with E-state index < -0.39 is 5.91 Å². The lowest BCUT2D eigenvalue weighted by molar-refractivity contribution is -0.113. The van der Waals surface area contributed by atoms with E-state index in [-0.39, 0.29) is 11.6 Å². The molecule has 0 saturated carbocycles. The molecular weight excluding hydrogens is 290 g/mol. The summed E-state index contributed by atoms with van der Waals surface area (Å²) < 4.78 is 0. The Morgan fingerprint density at radius 2 is 1.04 bits per heavy atom. The first-order valence-electron chi connectivity index (χ1n) is 6.92. The highest BCUT2D eigenvalue weighted by atomic mass is 16.1. The Kier molecular flexibility index (Phi) is 10.1. The number of rotatable bonds is 3. The second kappa shape index (κ2) is 11.6. The standard InChI is InChI=1S/2C8H8O.C3H5NO/c2*1-7(9)8-5-3-2-4-6-8;1-2-3(4)5/h2*2-6H,1H3;2H,1H2,(H2,4,5). The number of benzene rings is 2. The van der Waals surface area contributed by atoms with Crippen molar-refractivity contribution >= 4 is 17.5 Å². The summed E-state index contributed by atoms with van der Waals surface area (Å²) >= 11 is 0. The molecule has 0 bridgehead atoms. The van der Waals surface area contributed by atoms with Crippen molar-refractivity contribution in [3.8, 4) is 0 Å². The molecule has 0 aliphatic heterocycles. The van der Waals surface area contributed by atoms with Gasteiger partial charge < -0.3 is 5.73 Å². The molecule has 2 aromatic rings. The Morgan fingerprint density at radius 1 is 0.783 bits per heavy atom. The predicted octanol–water partition coefficient (Wildman–Crippen LogP) is 3.44. The van der Waals surface area contributed by atoms with Crippen LogP contribution in [0.5, 0.6) is 0 Å². The molecule has 0 aromatic heterocycles.